The van der Waals surface area contributed by atoms with Gasteiger partial charge < -0.3 is 5.32 Å². The molecule has 0 radical (unpaired) electrons. The minimum Gasteiger partial charge on any atom is -0.316 e. The molecule has 0 amide bonds. The highest BCUT2D eigenvalue weighted by Gasteiger charge is 2.00. The number of thioether (sulfide) groups is 1. The average molecular weight is 223 g/mol. The number of aryl methyl sites for hydroxylation is 2. The van der Waals surface area contributed by atoms with Crippen LogP contribution in [0.1, 0.15) is 23.6 Å². The van der Waals surface area contributed by atoms with E-state index in [2.05, 4.69) is 44.3 Å². The Labute approximate surface area is 97.7 Å². The van der Waals surface area contributed by atoms with Crippen molar-refractivity contribution in [2.24, 2.45) is 0 Å². The molecule has 1 N–H and O–H groups in total. The molecule has 2 heteroatoms. The molecule has 0 aliphatic heterocycles. The molecule has 15 heavy (non-hydrogen) atoms. The molecule has 1 aromatic rings. The Morgan fingerprint density at radius 3 is 2.33 bits per heavy atom. The molecule has 0 aliphatic rings. The minimum atomic E-state index is 0.598. The lowest BCUT2D eigenvalue weighted by atomic mass is 10.1. The summed E-state index contributed by atoms with van der Waals surface area (Å²) >= 11 is 1.99. The maximum atomic E-state index is 3.25. The smallest absolute Gasteiger partial charge is 0.0185 e. The van der Waals surface area contributed by atoms with Crippen LogP contribution in [-0.4, -0.2) is 18.8 Å². The van der Waals surface area contributed by atoms with E-state index in [1.807, 2.05) is 18.8 Å². The van der Waals surface area contributed by atoms with Gasteiger partial charge in [-0.3, -0.25) is 0 Å². The van der Waals surface area contributed by atoms with E-state index in [4.69, 9.17) is 0 Å². The third-order valence-corrected chi connectivity index (χ3v) is 3.68. The van der Waals surface area contributed by atoms with E-state index in [9.17, 15) is 0 Å². The first kappa shape index (κ1) is 12.6. The topological polar surface area (TPSA) is 12.0 Å². The van der Waals surface area contributed by atoms with Gasteiger partial charge in [0.2, 0.25) is 0 Å². The Balaban J connectivity index is 2.43. The molecule has 0 heterocycles. The van der Waals surface area contributed by atoms with Crippen LogP contribution in [0.4, 0.5) is 0 Å². The summed E-state index contributed by atoms with van der Waals surface area (Å²) in [4.78, 5) is 0. The highest BCUT2D eigenvalue weighted by molar-refractivity contribution is 7.98. The molecule has 0 saturated heterocycles. The van der Waals surface area contributed by atoms with Crippen LogP contribution in [0, 0.1) is 13.8 Å². The van der Waals surface area contributed by atoms with E-state index < -0.39 is 0 Å². The second kappa shape index (κ2) is 6.19. The van der Waals surface area contributed by atoms with Crippen molar-refractivity contribution in [1.82, 2.24) is 5.32 Å². The van der Waals surface area contributed by atoms with Gasteiger partial charge in [-0.2, -0.15) is 11.8 Å². The lowest BCUT2D eigenvalue weighted by molar-refractivity contribution is 0.677. The number of nitrogens with one attached hydrogen (secondary N) is 1. The monoisotopic (exact) mass is 223 g/mol. The quantitative estimate of drug-likeness (QED) is 0.823. The Bertz CT molecular complexity index is 289. The molecular weight excluding hydrogens is 202 g/mol. The van der Waals surface area contributed by atoms with E-state index in [1.54, 1.807) is 0 Å². The predicted octanol–water partition coefficient (Wildman–Crippen LogP) is 3.14. The van der Waals surface area contributed by atoms with Crippen molar-refractivity contribution < 1.29 is 0 Å². The van der Waals surface area contributed by atoms with Crippen LogP contribution in [0.5, 0.6) is 0 Å². The van der Waals surface area contributed by atoms with Gasteiger partial charge in [0.05, 0.1) is 0 Å². The van der Waals surface area contributed by atoms with E-state index in [-0.39, 0.29) is 0 Å². The van der Waals surface area contributed by atoms with Crippen LogP contribution in [0.3, 0.4) is 0 Å². The zero-order valence-corrected chi connectivity index (χ0v) is 10.9. The van der Waals surface area contributed by atoms with Crippen molar-refractivity contribution in [2.75, 3.05) is 12.8 Å². The van der Waals surface area contributed by atoms with Crippen LogP contribution in [0.2, 0.25) is 0 Å². The molecule has 0 aliphatic carbocycles. The lowest BCUT2D eigenvalue weighted by Crippen LogP contribution is -2.23. The zero-order valence-electron chi connectivity index (χ0n) is 10.1. The molecule has 0 bridgehead atoms. The molecule has 0 fully saturated rings. The first-order valence-corrected chi connectivity index (χ1v) is 6.59. The van der Waals surface area contributed by atoms with Gasteiger partial charge in [-0.15, -0.1) is 0 Å². The molecule has 0 spiro atoms. The third kappa shape index (κ3) is 4.72. The fourth-order valence-electron chi connectivity index (χ4n) is 1.59. The standard InChI is InChI=1S/C13H21NS/c1-10-5-11(2)7-13(6-10)9-15-8-12(3)14-4/h5-7,12,14H,8-9H2,1-4H3. The fourth-order valence-corrected chi connectivity index (χ4v) is 2.63. The largest absolute Gasteiger partial charge is 0.316 e. The summed E-state index contributed by atoms with van der Waals surface area (Å²) in [5.74, 6) is 2.29. The second-order valence-corrected chi connectivity index (χ2v) is 5.23. The zero-order chi connectivity index (χ0) is 11.3. The first-order chi connectivity index (χ1) is 7.11. The molecule has 1 nitrogen and oxygen atoms in total. The van der Waals surface area contributed by atoms with Crippen molar-refractivity contribution in [3.05, 3.63) is 34.9 Å². The summed E-state index contributed by atoms with van der Waals surface area (Å²) in [6, 6.07) is 7.39. The van der Waals surface area contributed by atoms with Crippen LogP contribution in [0.15, 0.2) is 18.2 Å². The summed E-state index contributed by atoms with van der Waals surface area (Å²) in [5.41, 5.74) is 4.18. The van der Waals surface area contributed by atoms with Crippen LogP contribution < -0.4 is 5.32 Å². The molecule has 1 unspecified atom stereocenters. The molecule has 84 valence electrons. The van der Waals surface area contributed by atoms with Crippen molar-refractivity contribution in [3.63, 3.8) is 0 Å². The molecule has 0 aromatic heterocycles. The summed E-state index contributed by atoms with van der Waals surface area (Å²) in [5, 5.41) is 3.25. The van der Waals surface area contributed by atoms with Crippen molar-refractivity contribution in [1.29, 1.82) is 0 Å². The maximum absolute atomic E-state index is 3.25. The first-order valence-electron chi connectivity index (χ1n) is 5.44. The number of benzene rings is 1. The number of rotatable bonds is 5. The summed E-state index contributed by atoms with van der Waals surface area (Å²) in [7, 11) is 2.02. The Hall–Kier alpha value is -0.470. The van der Waals surface area contributed by atoms with Gasteiger partial charge in [-0.1, -0.05) is 29.3 Å². The number of hydrogen-bond acceptors (Lipinski definition) is 2. The van der Waals surface area contributed by atoms with E-state index >= 15 is 0 Å². The van der Waals surface area contributed by atoms with Gasteiger partial charge in [0.25, 0.3) is 0 Å². The normalized spacial score (nSPS) is 12.8. The van der Waals surface area contributed by atoms with Crippen LogP contribution >= 0.6 is 11.8 Å². The van der Waals surface area contributed by atoms with Gasteiger partial charge in [0.1, 0.15) is 0 Å². The minimum absolute atomic E-state index is 0.598. The van der Waals surface area contributed by atoms with Gasteiger partial charge >= 0.3 is 0 Å². The fraction of sp³-hybridized carbons (Fsp3) is 0.538. The Morgan fingerprint density at radius 1 is 1.20 bits per heavy atom. The van der Waals surface area contributed by atoms with E-state index in [0.717, 1.165) is 5.75 Å². The molecular formula is C13H21NS. The van der Waals surface area contributed by atoms with E-state index in [0.29, 0.717) is 6.04 Å². The highest BCUT2D eigenvalue weighted by Crippen LogP contribution is 2.16. The highest BCUT2D eigenvalue weighted by atomic mass is 32.2. The van der Waals surface area contributed by atoms with Gasteiger partial charge in [-0.25, -0.2) is 0 Å². The molecule has 1 rings (SSSR count). The Morgan fingerprint density at radius 2 is 1.80 bits per heavy atom. The van der Waals surface area contributed by atoms with Crippen molar-refractivity contribution >= 4 is 11.8 Å². The van der Waals surface area contributed by atoms with Gasteiger partial charge in [-0.05, 0) is 33.4 Å². The predicted molar refractivity (Wildman–Crippen MR) is 70.6 cm³/mol. The molecule has 1 aromatic carbocycles. The molecule has 0 saturated carbocycles. The van der Waals surface area contributed by atoms with Gasteiger partial charge in [0.15, 0.2) is 0 Å². The summed E-state index contributed by atoms with van der Waals surface area (Å²) < 4.78 is 0. The Kier molecular flexibility index (Phi) is 5.20. The summed E-state index contributed by atoms with van der Waals surface area (Å²) in [6.45, 7) is 6.54. The third-order valence-electron chi connectivity index (χ3n) is 2.41. The van der Waals surface area contributed by atoms with E-state index in [1.165, 1.54) is 22.4 Å². The molecule has 1 atom stereocenters. The summed E-state index contributed by atoms with van der Waals surface area (Å²) in [6.07, 6.45) is 0. The van der Waals surface area contributed by atoms with Gasteiger partial charge in [0, 0.05) is 17.5 Å². The van der Waals surface area contributed by atoms with Crippen LogP contribution in [-0.2, 0) is 5.75 Å². The maximum Gasteiger partial charge on any atom is 0.0185 e. The SMILES string of the molecule is CNC(C)CSCc1cc(C)cc(C)c1. The van der Waals surface area contributed by atoms with Crippen molar-refractivity contribution in [2.45, 2.75) is 32.6 Å². The van der Waals surface area contributed by atoms with Crippen molar-refractivity contribution in [3.8, 4) is 0 Å². The number of hydrogen-bond donors (Lipinski definition) is 1. The lowest BCUT2D eigenvalue weighted by Gasteiger charge is -2.10. The van der Waals surface area contributed by atoms with Crippen LogP contribution in [0.25, 0.3) is 0 Å². The average Bonchev–Trinajstić information content (AvgIpc) is 2.16. The second-order valence-electron chi connectivity index (χ2n) is 4.20.